The lowest BCUT2D eigenvalue weighted by molar-refractivity contribution is -0.120. The largest absolute Gasteiger partial charge is 0.445 e. The van der Waals surface area contributed by atoms with Gasteiger partial charge in [-0.05, 0) is 57.1 Å². The summed E-state index contributed by atoms with van der Waals surface area (Å²) in [5, 5.41) is 2.65. The van der Waals surface area contributed by atoms with Crippen LogP contribution in [-0.2, 0) is 20.9 Å². The highest BCUT2D eigenvalue weighted by Gasteiger charge is 2.40. The Kier molecular flexibility index (Phi) is 8.51. The second-order valence-electron chi connectivity index (χ2n) is 12.2. The molecule has 0 spiro atoms. The van der Waals surface area contributed by atoms with E-state index in [1.165, 1.54) is 4.90 Å². The maximum atomic E-state index is 13.6. The van der Waals surface area contributed by atoms with Gasteiger partial charge in [0.05, 0.1) is 17.4 Å². The van der Waals surface area contributed by atoms with Gasteiger partial charge >= 0.3 is 12.2 Å². The lowest BCUT2D eigenvalue weighted by Crippen LogP contribution is -2.48. The minimum atomic E-state index is -1.23. The minimum absolute atomic E-state index is 0.00528. The predicted octanol–water partition coefficient (Wildman–Crippen LogP) is 5.52. The van der Waals surface area contributed by atoms with E-state index in [1.54, 1.807) is 11.9 Å². The third-order valence-electron chi connectivity index (χ3n) is 7.29. The van der Waals surface area contributed by atoms with Crippen LogP contribution in [0.3, 0.4) is 0 Å². The monoisotopic (exact) mass is 548 g/mol. The zero-order valence-electron chi connectivity index (χ0n) is 24.3. The predicted molar refractivity (Wildman–Crippen MR) is 154 cm³/mol. The van der Waals surface area contributed by atoms with Gasteiger partial charge in [-0.25, -0.2) is 9.59 Å². The average molecular weight is 549 g/mol. The molecule has 1 saturated heterocycles. The van der Waals surface area contributed by atoms with Crippen LogP contribution in [0, 0.1) is 5.41 Å². The number of likely N-dealkylation sites (tertiary alicyclic amines) is 1. The highest BCUT2D eigenvalue weighted by molar-refractivity contribution is 6.15. The van der Waals surface area contributed by atoms with Crippen LogP contribution in [-0.4, -0.2) is 60.1 Å². The van der Waals surface area contributed by atoms with E-state index in [1.807, 2.05) is 75.4 Å². The molecule has 4 rings (SSSR count). The fourth-order valence-corrected chi connectivity index (χ4v) is 5.00. The van der Waals surface area contributed by atoms with Gasteiger partial charge in [-0.3, -0.25) is 20.0 Å². The van der Waals surface area contributed by atoms with Gasteiger partial charge in [-0.15, -0.1) is 0 Å². The van der Waals surface area contributed by atoms with Crippen molar-refractivity contribution in [1.29, 1.82) is 0 Å². The first-order valence-electron chi connectivity index (χ1n) is 13.8. The number of hydrogen-bond acceptors (Lipinski definition) is 6. The SMILES string of the molecule is CN1C(=O)C(NC(=O)OCc2ccccc2)N=C(C2CCC(C)(C)CCN2C(=O)OC(C)(C)C)c2ccccc21. The summed E-state index contributed by atoms with van der Waals surface area (Å²) in [6.07, 6.45) is -0.139. The molecule has 0 aliphatic carbocycles. The number of carbonyl (C=O) groups excluding carboxylic acids is 3. The van der Waals surface area contributed by atoms with Gasteiger partial charge in [0.1, 0.15) is 12.2 Å². The minimum Gasteiger partial charge on any atom is -0.445 e. The number of ether oxygens (including phenoxy) is 2. The molecule has 2 unspecified atom stereocenters. The normalized spacial score (nSPS) is 20.9. The number of para-hydroxylation sites is 1. The summed E-state index contributed by atoms with van der Waals surface area (Å²) in [6, 6.07) is 16.3. The number of carbonyl (C=O) groups is 3. The molecule has 1 fully saturated rings. The van der Waals surface area contributed by atoms with E-state index in [4.69, 9.17) is 14.5 Å². The van der Waals surface area contributed by atoms with Crippen molar-refractivity contribution in [1.82, 2.24) is 10.2 Å². The first-order valence-corrected chi connectivity index (χ1v) is 13.8. The second-order valence-corrected chi connectivity index (χ2v) is 12.2. The van der Waals surface area contributed by atoms with E-state index >= 15 is 0 Å². The maximum absolute atomic E-state index is 13.6. The average Bonchev–Trinajstić information content (AvgIpc) is 3.12. The smallest absolute Gasteiger partial charge is 0.410 e. The number of amides is 3. The van der Waals surface area contributed by atoms with Crippen LogP contribution in [0.4, 0.5) is 15.3 Å². The number of alkyl carbamates (subject to hydrolysis) is 1. The third kappa shape index (κ3) is 7.00. The molecule has 1 N–H and O–H groups in total. The Morgan fingerprint density at radius 2 is 1.73 bits per heavy atom. The van der Waals surface area contributed by atoms with Crippen molar-refractivity contribution in [2.75, 3.05) is 18.5 Å². The molecular weight excluding hydrogens is 508 g/mol. The summed E-state index contributed by atoms with van der Waals surface area (Å²) in [5.74, 6) is -0.406. The Bertz CT molecular complexity index is 1270. The quantitative estimate of drug-likeness (QED) is 0.542. The molecule has 9 nitrogen and oxygen atoms in total. The number of nitrogens with zero attached hydrogens (tertiary/aromatic N) is 3. The van der Waals surface area contributed by atoms with Gasteiger partial charge in [0.15, 0.2) is 0 Å². The summed E-state index contributed by atoms with van der Waals surface area (Å²) in [5.41, 5.74) is 2.11. The van der Waals surface area contributed by atoms with Crippen LogP contribution in [0.5, 0.6) is 0 Å². The molecule has 2 atom stereocenters. The van der Waals surface area contributed by atoms with E-state index in [-0.39, 0.29) is 12.0 Å². The first-order chi connectivity index (χ1) is 18.8. The van der Waals surface area contributed by atoms with Crippen LogP contribution in [0.1, 0.15) is 65.0 Å². The number of benzodiazepines with no additional fused rings is 1. The number of nitrogens with one attached hydrogen (secondary N) is 1. The molecule has 9 heteroatoms. The van der Waals surface area contributed by atoms with Crippen LogP contribution < -0.4 is 10.2 Å². The molecule has 2 aliphatic heterocycles. The van der Waals surface area contributed by atoms with Crippen molar-refractivity contribution < 1.29 is 23.9 Å². The number of aliphatic imine (C=N–C) groups is 1. The Hall–Kier alpha value is -3.88. The zero-order valence-corrected chi connectivity index (χ0v) is 24.3. The second kappa shape index (κ2) is 11.7. The van der Waals surface area contributed by atoms with E-state index < -0.39 is 35.9 Å². The van der Waals surface area contributed by atoms with Gasteiger partial charge in [-0.1, -0.05) is 62.4 Å². The molecule has 0 radical (unpaired) electrons. The summed E-state index contributed by atoms with van der Waals surface area (Å²) in [4.78, 5) is 48.0. The Morgan fingerprint density at radius 1 is 1.05 bits per heavy atom. The lowest BCUT2D eigenvalue weighted by Gasteiger charge is -2.33. The fourth-order valence-electron chi connectivity index (χ4n) is 5.00. The van der Waals surface area contributed by atoms with Crippen LogP contribution >= 0.6 is 0 Å². The molecule has 2 aromatic carbocycles. The molecule has 2 heterocycles. The molecule has 0 aromatic heterocycles. The number of fused-ring (bicyclic) bond motifs is 1. The van der Waals surface area contributed by atoms with E-state index in [9.17, 15) is 14.4 Å². The highest BCUT2D eigenvalue weighted by atomic mass is 16.6. The maximum Gasteiger partial charge on any atom is 0.410 e. The first kappa shape index (κ1) is 29.1. The summed E-state index contributed by atoms with van der Waals surface area (Å²) in [7, 11) is 1.66. The van der Waals surface area contributed by atoms with Gasteiger partial charge < -0.3 is 14.4 Å². The van der Waals surface area contributed by atoms with E-state index in [2.05, 4.69) is 19.2 Å². The number of likely N-dealkylation sites (N-methyl/N-ethyl adjacent to an activating group) is 1. The topological polar surface area (TPSA) is 101 Å². The Labute approximate surface area is 236 Å². The zero-order chi connectivity index (χ0) is 29.1. The number of hydrogen-bond donors (Lipinski definition) is 1. The van der Waals surface area contributed by atoms with Gasteiger partial charge in [0.2, 0.25) is 6.17 Å². The van der Waals surface area contributed by atoms with Crippen molar-refractivity contribution >= 4 is 29.5 Å². The molecule has 0 saturated carbocycles. The van der Waals surface area contributed by atoms with E-state index in [0.29, 0.717) is 24.4 Å². The number of benzene rings is 2. The summed E-state index contributed by atoms with van der Waals surface area (Å²) in [6.45, 7) is 10.4. The molecule has 3 amide bonds. The molecule has 40 heavy (non-hydrogen) atoms. The Morgan fingerprint density at radius 3 is 2.42 bits per heavy atom. The van der Waals surface area contributed by atoms with Crippen molar-refractivity contribution in [2.45, 2.75) is 78.3 Å². The van der Waals surface area contributed by atoms with Gasteiger partial charge in [0, 0.05) is 19.2 Å². The number of rotatable bonds is 4. The fraction of sp³-hybridized carbons (Fsp3) is 0.484. The van der Waals surface area contributed by atoms with Crippen LogP contribution in [0.15, 0.2) is 59.6 Å². The number of anilines is 1. The van der Waals surface area contributed by atoms with Crippen molar-refractivity contribution in [3.8, 4) is 0 Å². The Balaban J connectivity index is 1.71. The van der Waals surface area contributed by atoms with Crippen molar-refractivity contribution in [3.63, 3.8) is 0 Å². The highest BCUT2D eigenvalue weighted by Crippen LogP contribution is 2.36. The standard InChI is InChI=1S/C31H40N4O5/c1-30(2,3)40-29(38)35-19-18-31(4,5)17-16-24(35)25-22-14-10-11-15-23(22)34(6)27(36)26(32-25)33-28(37)39-20-21-12-8-7-9-13-21/h7-15,24,26H,16-20H2,1-6H3,(H,33,37). The lowest BCUT2D eigenvalue weighted by atomic mass is 9.84. The van der Waals surface area contributed by atoms with Crippen LogP contribution in [0.25, 0.3) is 0 Å². The molecule has 2 aliphatic rings. The summed E-state index contributed by atoms with van der Waals surface area (Å²) >= 11 is 0. The summed E-state index contributed by atoms with van der Waals surface area (Å²) < 4.78 is 11.2. The van der Waals surface area contributed by atoms with E-state index in [0.717, 1.165) is 24.0 Å². The molecule has 0 bridgehead atoms. The van der Waals surface area contributed by atoms with Crippen molar-refractivity contribution in [3.05, 3.63) is 65.7 Å². The van der Waals surface area contributed by atoms with Gasteiger partial charge in [0.25, 0.3) is 5.91 Å². The molecule has 2 aromatic rings. The van der Waals surface area contributed by atoms with Crippen LogP contribution in [0.2, 0.25) is 0 Å². The molecular formula is C31H40N4O5. The molecule has 214 valence electrons. The third-order valence-corrected chi connectivity index (χ3v) is 7.29. The van der Waals surface area contributed by atoms with Gasteiger partial charge in [-0.2, -0.15) is 0 Å². The van der Waals surface area contributed by atoms with Crippen molar-refractivity contribution in [2.24, 2.45) is 10.4 Å².